The lowest BCUT2D eigenvalue weighted by Gasteiger charge is -2.15. The van der Waals surface area contributed by atoms with Gasteiger partial charge >= 0.3 is 0 Å². The average molecular weight is 245 g/mol. The third-order valence-electron chi connectivity index (χ3n) is 3.01. The Labute approximate surface area is 107 Å². The summed E-state index contributed by atoms with van der Waals surface area (Å²) in [4.78, 5) is 4.01. The summed E-state index contributed by atoms with van der Waals surface area (Å²) in [6.07, 6.45) is 5.53. The maximum Gasteiger partial charge on any atom is 0.122 e. The molecule has 2 aromatic rings. The number of nitrogens with zero attached hydrogens (tertiary/aromatic N) is 2. The van der Waals surface area contributed by atoms with Crippen LogP contribution >= 0.6 is 0 Å². The quantitative estimate of drug-likeness (QED) is 0.848. The molecule has 0 bridgehead atoms. The number of para-hydroxylation sites is 1. The number of benzene rings is 1. The van der Waals surface area contributed by atoms with Crippen LogP contribution in [-0.2, 0) is 13.1 Å². The topological polar surface area (TPSA) is 50.1 Å². The summed E-state index contributed by atoms with van der Waals surface area (Å²) in [6.45, 7) is 5.57. The standard InChI is InChI=1S/C14H19N3O/c1-11-4-3-5-13(14(11)18)8-16-12(2)9-17-7-6-15-10-17/h3-7,10,12,16,18H,8-9H2,1-2H3. The number of nitrogens with one attached hydrogen (secondary N) is 1. The van der Waals surface area contributed by atoms with Crippen LogP contribution in [0.3, 0.4) is 0 Å². The van der Waals surface area contributed by atoms with Crippen molar-refractivity contribution in [1.29, 1.82) is 0 Å². The molecule has 0 fully saturated rings. The van der Waals surface area contributed by atoms with Crippen LogP contribution in [0.1, 0.15) is 18.1 Å². The van der Waals surface area contributed by atoms with Crippen molar-refractivity contribution >= 4 is 0 Å². The smallest absolute Gasteiger partial charge is 0.122 e. The van der Waals surface area contributed by atoms with Gasteiger partial charge in [-0.3, -0.25) is 0 Å². The first kappa shape index (κ1) is 12.6. The van der Waals surface area contributed by atoms with Crippen molar-refractivity contribution in [2.45, 2.75) is 33.0 Å². The highest BCUT2D eigenvalue weighted by atomic mass is 16.3. The van der Waals surface area contributed by atoms with Gasteiger partial charge in [-0.1, -0.05) is 18.2 Å². The highest BCUT2D eigenvalue weighted by Gasteiger charge is 2.06. The molecule has 1 atom stereocenters. The Morgan fingerprint density at radius 3 is 3.00 bits per heavy atom. The summed E-state index contributed by atoms with van der Waals surface area (Å²) in [6, 6.07) is 6.14. The Balaban J connectivity index is 1.89. The van der Waals surface area contributed by atoms with Gasteiger partial charge in [-0.2, -0.15) is 0 Å². The number of rotatable bonds is 5. The van der Waals surface area contributed by atoms with Gasteiger partial charge in [0.15, 0.2) is 0 Å². The Kier molecular flexibility index (Phi) is 3.99. The van der Waals surface area contributed by atoms with E-state index in [9.17, 15) is 5.11 Å². The minimum Gasteiger partial charge on any atom is -0.507 e. The molecule has 1 aromatic heterocycles. The molecule has 0 radical (unpaired) electrons. The maximum atomic E-state index is 9.91. The van der Waals surface area contributed by atoms with Gasteiger partial charge in [0.2, 0.25) is 0 Å². The van der Waals surface area contributed by atoms with Crippen molar-refractivity contribution in [3.63, 3.8) is 0 Å². The first-order valence-electron chi connectivity index (χ1n) is 6.13. The number of imidazole rings is 1. The second kappa shape index (κ2) is 5.69. The zero-order valence-electron chi connectivity index (χ0n) is 10.8. The Morgan fingerprint density at radius 2 is 2.28 bits per heavy atom. The van der Waals surface area contributed by atoms with Gasteiger partial charge in [-0.15, -0.1) is 0 Å². The van der Waals surface area contributed by atoms with E-state index in [-0.39, 0.29) is 0 Å². The molecule has 0 amide bonds. The number of hydrogen-bond donors (Lipinski definition) is 2. The number of phenols is 1. The van der Waals surface area contributed by atoms with Crippen molar-refractivity contribution < 1.29 is 5.11 Å². The highest BCUT2D eigenvalue weighted by molar-refractivity contribution is 5.39. The van der Waals surface area contributed by atoms with E-state index in [1.807, 2.05) is 42.2 Å². The molecule has 1 aromatic carbocycles. The van der Waals surface area contributed by atoms with Gasteiger partial charge in [0, 0.05) is 37.1 Å². The number of aromatic hydroxyl groups is 1. The van der Waals surface area contributed by atoms with Gasteiger partial charge in [0.1, 0.15) is 5.75 Å². The Hall–Kier alpha value is -1.81. The largest absolute Gasteiger partial charge is 0.507 e. The molecule has 18 heavy (non-hydrogen) atoms. The number of phenolic OH excluding ortho intramolecular Hbond substituents is 1. The van der Waals surface area contributed by atoms with E-state index < -0.39 is 0 Å². The first-order chi connectivity index (χ1) is 8.66. The van der Waals surface area contributed by atoms with Crippen LogP contribution < -0.4 is 5.32 Å². The molecule has 4 nitrogen and oxygen atoms in total. The second-order valence-corrected chi connectivity index (χ2v) is 4.62. The minimum atomic E-state index is 0.319. The third kappa shape index (κ3) is 3.11. The predicted octanol–water partition coefficient (Wildman–Crippen LogP) is 2.08. The fourth-order valence-corrected chi connectivity index (χ4v) is 1.92. The molecule has 1 unspecified atom stereocenters. The van der Waals surface area contributed by atoms with Crippen molar-refractivity contribution in [3.8, 4) is 5.75 Å². The molecule has 0 aliphatic carbocycles. The summed E-state index contributed by atoms with van der Waals surface area (Å²) >= 11 is 0. The molecule has 4 heteroatoms. The van der Waals surface area contributed by atoms with Crippen LogP contribution in [0.15, 0.2) is 36.9 Å². The molecular formula is C14H19N3O. The van der Waals surface area contributed by atoms with Gasteiger partial charge in [0.25, 0.3) is 0 Å². The molecule has 96 valence electrons. The molecule has 0 aliphatic rings. The predicted molar refractivity (Wildman–Crippen MR) is 71.4 cm³/mol. The highest BCUT2D eigenvalue weighted by Crippen LogP contribution is 2.21. The molecular weight excluding hydrogens is 226 g/mol. The normalized spacial score (nSPS) is 12.6. The summed E-state index contributed by atoms with van der Waals surface area (Å²) in [5.74, 6) is 0.389. The fraction of sp³-hybridized carbons (Fsp3) is 0.357. The third-order valence-corrected chi connectivity index (χ3v) is 3.01. The number of aryl methyl sites for hydroxylation is 1. The van der Waals surface area contributed by atoms with Crippen LogP contribution in [0.2, 0.25) is 0 Å². The molecule has 2 rings (SSSR count). The van der Waals surface area contributed by atoms with E-state index >= 15 is 0 Å². The summed E-state index contributed by atoms with van der Waals surface area (Å²) < 4.78 is 2.04. The molecule has 0 saturated carbocycles. The SMILES string of the molecule is Cc1cccc(CNC(C)Cn2ccnc2)c1O. The fourth-order valence-electron chi connectivity index (χ4n) is 1.92. The molecule has 0 saturated heterocycles. The van der Waals surface area contributed by atoms with Gasteiger partial charge in [0.05, 0.1) is 6.33 Å². The molecule has 0 aliphatic heterocycles. The average Bonchev–Trinajstić information content (AvgIpc) is 2.84. The van der Waals surface area contributed by atoms with Crippen LogP contribution in [-0.4, -0.2) is 20.7 Å². The first-order valence-corrected chi connectivity index (χ1v) is 6.13. The van der Waals surface area contributed by atoms with Crippen LogP contribution in [0.5, 0.6) is 5.75 Å². The minimum absolute atomic E-state index is 0.319. The molecule has 1 heterocycles. The Bertz CT molecular complexity index is 494. The Morgan fingerprint density at radius 1 is 1.44 bits per heavy atom. The van der Waals surface area contributed by atoms with Crippen molar-refractivity contribution in [1.82, 2.24) is 14.9 Å². The van der Waals surface area contributed by atoms with Crippen molar-refractivity contribution in [2.75, 3.05) is 0 Å². The van der Waals surface area contributed by atoms with E-state index in [0.29, 0.717) is 18.3 Å². The van der Waals surface area contributed by atoms with E-state index in [4.69, 9.17) is 0 Å². The maximum absolute atomic E-state index is 9.91. The zero-order valence-corrected chi connectivity index (χ0v) is 10.8. The lowest BCUT2D eigenvalue weighted by Crippen LogP contribution is -2.29. The van der Waals surface area contributed by atoms with E-state index in [1.165, 1.54) is 0 Å². The number of hydrogen-bond acceptors (Lipinski definition) is 3. The van der Waals surface area contributed by atoms with Gasteiger partial charge < -0.3 is 15.0 Å². The summed E-state index contributed by atoms with van der Waals surface area (Å²) in [7, 11) is 0. The van der Waals surface area contributed by atoms with E-state index in [2.05, 4.69) is 17.2 Å². The molecule has 0 spiro atoms. The molecule has 2 N–H and O–H groups in total. The second-order valence-electron chi connectivity index (χ2n) is 4.62. The zero-order chi connectivity index (χ0) is 13.0. The monoisotopic (exact) mass is 245 g/mol. The van der Waals surface area contributed by atoms with Crippen molar-refractivity contribution in [2.24, 2.45) is 0 Å². The van der Waals surface area contributed by atoms with Crippen molar-refractivity contribution in [3.05, 3.63) is 48.0 Å². The van der Waals surface area contributed by atoms with Crippen LogP contribution in [0, 0.1) is 6.92 Å². The summed E-state index contributed by atoms with van der Waals surface area (Å²) in [5.41, 5.74) is 1.85. The van der Waals surface area contributed by atoms with Crippen LogP contribution in [0.25, 0.3) is 0 Å². The van der Waals surface area contributed by atoms with Gasteiger partial charge in [-0.25, -0.2) is 4.98 Å². The van der Waals surface area contributed by atoms with E-state index in [1.54, 1.807) is 6.20 Å². The number of aromatic nitrogens is 2. The van der Waals surface area contributed by atoms with E-state index in [0.717, 1.165) is 17.7 Å². The van der Waals surface area contributed by atoms with Crippen LogP contribution in [0.4, 0.5) is 0 Å². The lowest BCUT2D eigenvalue weighted by molar-refractivity contribution is 0.443. The summed E-state index contributed by atoms with van der Waals surface area (Å²) in [5, 5.41) is 13.3. The lowest BCUT2D eigenvalue weighted by atomic mass is 10.1. The van der Waals surface area contributed by atoms with Gasteiger partial charge in [-0.05, 0) is 19.4 Å².